The van der Waals surface area contributed by atoms with Gasteiger partial charge < -0.3 is 9.84 Å². The van der Waals surface area contributed by atoms with Crippen molar-refractivity contribution in [3.63, 3.8) is 0 Å². The van der Waals surface area contributed by atoms with Crippen molar-refractivity contribution in [1.82, 2.24) is 9.36 Å². The largest absolute Gasteiger partial charge is 0.390 e. The summed E-state index contributed by atoms with van der Waals surface area (Å²) >= 11 is 1.33. The van der Waals surface area contributed by atoms with Crippen LogP contribution in [0.25, 0.3) is 0 Å². The fourth-order valence-electron chi connectivity index (χ4n) is 0.876. The summed E-state index contributed by atoms with van der Waals surface area (Å²) < 4.78 is 8.80. The standard InChI is InChI=1S/C7H12N2O2S/c1-5-8-7(12-9-5)3-6(10)4-11-2/h6,10H,3-4H2,1-2H3. The van der Waals surface area contributed by atoms with Crippen LogP contribution in [0.15, 0.2) is 0 Å². The molecule has 0 radical (unpaired) electrons. The molecule has 1 aromatic rings. The second-order valence-corrected chi connectivity index (χ2v) is 3.39. The molecule has 0 fully saturated rings. The molecule has 0 amide bonds. The van der Waals surface area contributed by atoms with Crippen LogP contribution in [0, 0.1) is 6.92 Å². The van der Waals surface area contributed by atoms with E-state index in [-0.39, 0.29) is 0 Å². The third-order valence-electron chi connectivity index (χ3n) is 1.34. The molecule has 0 aliphatic heterocycles. The van der Waals surface area contributed by atoms with Crippen LogP contribution in [0.2, 0.25) is 0 Å². The Morgan fingerprint density at radius 3 is 2.92 bits per heavy atom. The van der Waals surface area contributed by atoms with E-state index in [0.717, 1.165) is 10.8 Å². The highest BCUT2D eigenvalue weighted by atomic mass is 32.1. The van der Waals surface area contributed by atoms with E-state index >= 15 is 0 Å². The Morgan fingerprint density at radius 1 is 1.67 bits per heavy atom. The number of hydrogen-bond donors (Lipinski definition) is 1. The highest BCUT2D eigenvalue weighted by Gasteiger charge is 2.08. The van der Waals surface area contributed by atoms with Crippen LogP contribution in [0.3, 0.4) is 0 Å². The van der Waals surface area contributed by atoms with E-state index in [2.05, 4.69) is 9.36 Å². The Morgan fingerprint density at radius 2 is 2.42 bits per heavy atom. The zero-order chi connectivity index (χ0) is 8.97. The molecule has 0 aromatic carbocycles. The summed E-state index contributed by atoms with van der Waals surface area (Å²) in [4.78, 5) is 4.12. The minimum absolute atomic E-state index is 0.346. The summed E-state index contributed by atoms with van der Waals surface area (Å²) in [6, 6.07) is 0. The van der Waals surface area contributed by atoms with Crippen molar-refractivity contribution in [2.24, 2.45) is 0 Å². The van der Waals surface area contributed by atoms with Gasteiger partial charge in [0.25, 0.3) is 0 Å². The minimum Gasteiger partial charge on any atom is -0.390 e. The second-order valence-electron chi connectivity index (χ2n) is 2.55. The summed E-state index contributed by atoms with van der Waals surface area (Å²) in [7, 11) is 1.56. The number of aryl methyl sites for hydroxylation is 1. The Labute approximate surface area is 75.4 Å². The van der Waals surface area contributed by atoms with E-state index in [0.29, 0.717) is 13.0 Å². The van der Waals surface area contributed by atoms with Crippen LogP contribution < -0.4 is 0 Å². The lowest BCUT2D eigenvalue weighted by Crippen LogP contribution is -2.16. The van der Waals surface area contributed by atoms with E-state index < -0.39 is 6.10 Å². The quantitative estimate of drug-likeness (QED) is 0.743. The van der Waals surface area contributed by atoms with Crippen LogP contribution in [0.5, 0.6) is 0 Å². The molecule has 68 valence electrons. The van der Waals surface area contributed by atoms with Crippen molar-refractivity contribution in [3.05, 3.63) is 10.8 Å². The van der Waals surface area contributed by atoms with E-state index in [1.165, 1.54) is 11.5 Å². The molecule has 0 aliphatic carbocycles. The highest BCUT2D eigenvalue weighted by Crippen LogP contribution is 2.06. The Hall–Kier alpha value is -0.520. The SMILES string of the molecule is COCC(O)Cc1nc(C)ns1. The van der Waals surface area contributed by atoms with Gasteiger partial charge in [0.1, 0.15) is 10.8 Å². The van der Waals surface area contributed by atoms with Crippen LogP contribution in [0.1, 0.15) is 10.8 Å². The van der Waals surface area contributed by atoms with Gasteiger partial charge in [0.15, 0.2) is 0 Å². The number of ether oxygens (including phenoxy) is 1. The van der Waals surface area contributed by atoms with Gasteiger partial charge in [-0.05, 0) is 18.5 Å². The van der Waals surface area contributed by atoms with Crippen LogP contribution in [-0.2, 0) is 11.2 Å². The van der Waals surface area contributed by atoms with Crippen molar-refractivity contribution in [2.75, 3.05) is 13.7 Å². The molecule has 1 unspecified atom stereocenters. The number of aliphatic hydroxyl groups is 1. The molecule has 1 atom stereocenters. The van der Waals surface area contributed by atoms with Gasteiger partial charge >= 0.3 is 0 Å². The van der Waals surface area contributed by atoms with Gasteiger partial charge in [0.2, 0.25) is 0 Å². The molecular weight excluding hydrogens is 176 g/mol. The number of methoxy groups -OCH3 is 1. The number of nitrogens with zero attached hydrogens (tertiary/aromatic N) is 2. The topological polar surface area (TPSA) is 55.2 Å². The predicted molar refractivity (Wildman–Crippen MR) is 46.2 cm³/mol. The zero-order valence-corrected chi connectivity index (χ0v) is 7.97. The summed E-state index contributed by atoms with van der Waals surface area (Å²) in [5.74, 6) is 0.764. The lowest BCUT2D eigenvalue weighted by atomic mass is 10.3. The van der Waals surface area contributed by atoms with Gasteiger partial charge in [-0.3, -0.25) is 0 Å². The van der Waals surface area contributed by atoms with Crippen molar-refractivity contribution in [2.45, 2.75) is 19.4 Å². The molecular formula is C7H12N2O2S. The molecule has 0 spiro atoms. The molecule has 0 bridgehead atoms. The molecule has 0 saturated heterocycles. The minimum atomic E-state index is -0.470. The molecule has 0 aliphatic rings. The summed E-state index contributed by atoms with van der Waals surface area (Å²) in [5.41, 5.74) is 0. The van der Waals surface area contributed by atoms with Crippen molar-refractivity contribution in [1.29, 1.82) is 0 Å². The lowest BCUT2D eigenvalue weighted by Gasteiger charge is -2.05. The molecule has 0 saturated carbocycles. The number of aromatic nitrogens is 2. The number of hydrogen-bond acceptors (Lipinski definition) is 5. The maximum absolute atomic E-state index is 9.33. The van der Waals surface area contributed by atoms with E-state index in [1.54, 1.807) is 7.11 Å². The third kappa shape index (κ3) is 2.84. The van der Waals surface area contributed by atoms with E-state index in [9.17, 15) is 5.11 Å². The maximum atomic E-state index is 9.33. The van der Waals surface area contributed by atoms with Crippen molar-refractivity contribution in [3.8, 4) is 0 Å². The third-order valence-corrected chi connectivity index (χ3v) is 2.16. The summed E-state index contributed by atoms with van der Waals surface area (Å²) in [6.07, 6.45) is 0.0571. The van der Waals surface area contributed by atoms with Gasteiger partial charge in [-0.25, -0.2) is 4.98 Å². The van der Waals surface area contributed by atoms with Gasteiger partial charge in [0, 0.05) is 13.5 Å². The molecule has 1 N–H and O–H groups in total. The number of aliphatic hydroxyl groups excluding tert-OH is 1. The van der Waals surface area contributed by atoms with Crippen molar-refractivity contribution < 1.29 is 9.84 Å². The Kier molecular flexibility index (Phi) is 3.58. The monoisotopic (exact) mass is 188 g/mol. The van der Waals surface area contributed by atoms with Gasteiger partial charge in [-0.1, -0.05) is 0 Å². The normalized spacial score (nSPS) is 13.2. The average molecular weight is 188 g/mol. The molecule has 1 rings (SSSR count). The smallest absolute Gasteiger partial charge is 0.139 e. The average Bonchev–Trinajstić information content (AvgIpc) is 2.36. The molecule has 12 heavy (non-hydrogen) atoms. The van der Waals surface area contributed by atoms with E-state index in [1.807, 2.05) is 6.92 Å². The molecule has 5 heteroatoms. The highest BCUT2D eigenvalue weighted by molar-refractivity contribution is 7.05. The fourth-order valence-corrected chi connectivity index (χ4v) is 1.59. The second kappa shape index (κ2) is 4.49. The van der Waals surface area contributed by atoms with E-state index in [4.69, 9.17) is 4.74 Å². The van der Waals surface area contributed by atoms with Crippen LogP contribution in [-0.4, -0.2) is 34.3 Å². The van der Waals surface area contributed by atoms with Crippen LogP contribution in [0.4, 0.5) is 0 Å². The first kappa shape index (κ1) is 9.57. The summed E-state index contributed by atoms with van der Waals surface area (Å²) in [5, 5.41) is 10.2. The molecule has 1 aromatic heterocycles. The van der Waals surface area contributed by atoms with Gasteiger partial charge in [-0.15, -0.1) is 0 Å². The van der Waals surface area contributed by atoms with Gasteiger partial charge in [-0.2, -0.15) is 4.37 Å². The first-order valence-electron chi connectivity index (χ1n) is 3.68. The lowest BCUT2D eigenvalue weighted by molar-refractivity contribution is 0.0650. The molecule has 4 nitrogen and oxygen atoms in total. The molecule has 1 heterocycles. The Bertz CT molecular complexity index is 239. The van der Waals surface area contributed by atoms with Crippen molar-refractivity contribution >= 4 is 11.5 Å². The Balaban J connectivity index is 2.41. The first-order chi connectivity index (χ1) is 5.72. The maximum Gasteiger partial charge on any atom is 0.139 e. The summed E-state index contributed by atoms with van der Waals surface area (Å²) in [6.45, 7) is 2.18. The zero-order valence-electron chi connectivity index (χ0n) is 7.15. The first-order valence-corrected chi connectivity index (χ1v) is 4.46. The predicted octanol–water partition coefficient (Wildman–Crippen LogP) is 0.396. The van der Waals surface area contributed by atoms with Gasteiger partial charge in [0.05, 0.1) is 12.7 Å². The number of rotatable bonds is 4. The fraction of sp³-hybridized carbons (Fsp3) is 0.714. The van der Waals surface area contributed by atoms with Crippen LogP contribution >= 0.6 is 11.5 Å².